The number of rotatable bonds is 5. The Balaban J connectivity index is 1.46. The third-order valence-electron chi connectivity index (χ3n) is 5.73. The second-order valence-corrected chi connectivity index (χ2v) is 8.10. The van der Waals surface area contributed by atoms with Crippen molar-refractivity contribution in [2.75, 3.05) is 0 Å². The lowest BCUT2D eigenvalue weighted by Gasteiger charge is -2.11. The van der Waals surface area contributed by atoms with Crippen LogP contribution in [0.2, 0.25) is 0 Å². The van der Waals surface area contributed by atoms with E-state index < -0.39 is 6.04 Å². The van der Waals surface area contributed by atoms with Crippen LogP contribution in [0.5, 0.6) is 0 Å². The summed E-state index contributed by atoms with van der Waals surface area (Å²) in [5.41, 5.74) is 6.97. The molecule has 0 amide bonds. The summed E-state index contributed by atoms with van der Waals surface area (Å²) in [6, 6.07) is 23.0. The van der Waals surface area contributed by atoms with E-state index in [1.54, 1.807) is 43.0 Å². The van der Waals surface area contributed by atoms with Gasteiger partial charge in [-0.2, -0.15) is 0 Å². The highest BCUT2D eigenvalue weighted by molar-refractivity contribution is 5.77. The normalized spacial score (nSPS) is 12.7. The SMILES string of the molecule is [2H]c1c([2H])c([2H])c(-c2cccc(-c3cccc(-c4cc(-c5cccnc5)nc(-c5cccnc5)c4)n3)c2)c([2H])c1[2H]. The van der Waals surface area contributed by atoms with E-state index in [0.717, 1.165) is 39.3 Å². The van der Waals surface area contributed by atoms with Crippen LogP contribution in [0, 0.1) is 0 Å². The molecule has 0 aliphatic heterocycles. The Hall–Kier alpha value is -4.96. The van der Waals surface area contributed by atoms with Crippen LogP contribution >= 0.6 is 0 Å². The molecule has 4 heterocycles. The summed E-state index contributed by atoms with van der Waals surface area (Å²) in [5, 5.41) is 0. The van der Waals surface area contributed by atoms with Gasteiger partial charge in [-0.05, 0) is 65.7 Å². The van der Waals surface area contributed by atoms with E-state index in [1.807, 2.05) is 60.7 Å². The molecule has 0 bridgehead atoms. The first-order valence-electron chi connectivity index (χ1n) is 13.9. The first kappa shape index (κ1) is 16.6. The van der Waals surface area contributed by atoms with Gasteiger partial charge in [-0.1, -0.05) is 54.5 Å². The molecule has 4 nitrogen and oxygen atoms in total. The Bertz CT molecular complexity index is 1810. The van der Waals surface area contributed by atoms with Crippen molar-refractivity contribution < 1.29 is 6.85 Å². The van der Waals surface area contributed by atoms with Gasteiger partial charge in [-0.3, -0.25) is 9.97 Å². The number of nitrogens with zero attached hydrogens (tertiary/aromatic N) is 4. The van der Waals surface area contributed by atoms with E-state index in [1.165, 1.54) is 0 Å². The Morgan fingerprint density at radius 3 is 1.64 bits per heavy atom. The summed E-state index contributed by atoms with van der Waals surface area (Å²) >= 11 is 0. The van der Waals surface area contributed by atoms with Gasteiger partial charge in [0.1, 0.15) is 0 Å². The summed E-state index contributed by atoms with van der Waals surface area (Å²) in [6.45, 7) is 0. The van der Waals surface area contributed by atoms with E-state index in [-0.39, 0.29) is 29.7 Å². The number of benzene rings is 2. The van der Waals surface area contributed by atoms with Gasteiger partial charge < -0.3 is 0 Å². The molecule has 6 rings (SSSR count). The van der Waals surface area contributed by atoms with Crippen molar-refractivity contribution in [2.45, 2.75) is 0 Å². The zero-order chi connectivity index (χ0) is 28.5. The first-order valence-corrected chi connectivity index (χ1v) is 11.4. The van der Waals surface area contributed by atoms with Gasteiger partial charge in [0, 0.05) is 47.0 Å². The van der Waals surface area contributed by atoms with E-state index in [0.29, 0.717) is 11.3 Å². The Morgan fingerprint density at radius 1 is 0.444 bits per heavy atom. The second-order valence-electron chi connectivity index (χ2n) is 8.10. The highest BCUT2D eigenvalue weighted by Gasteiger charge is 2.11. The average Bonchev–Trinajstić information content (AvgIpc) is 3.04. The monoisotopic (exact) mass is 467 g/mol. The Labute approximate surface area is 217 Å². The third kappa shape index (κ3) is 4.52. The van der Waals surface area contributed by atoms with Crippen molar-refractivity contribution in [3.05, 3.63) is 134 Å². The maximum absolute atomic E-state index is 8.37. The number of aromatic nitrogens is 4. The first-order chi connectivity index (χ1) is 19.9. The summed E-state index contributed by atoms with van der Waals surface area (Å²) in [7, 11) is 0. The molecule has 0 spiro atoms. The fourth-order valence-electron chi connectivity index (χ4n) is 3.99. The Morgan fingerprint density at radius 2 is 1.00 bits per heavy atom. The summed E-state index contributed by atoms with van der Waals surface area (Å²) in [4.78, 5) is 18.3. The molecule has 2 aromatic carbocycles. The highest BCUT2D eigenvalue weighted by Crippen LogP contribution is 2.31. The molecule has 0 aliphatic carbocycles. The standard InChI is InChI=1S/C32H22N4/c1-2-8-23(9-3-1)24-10-4-11-25(18-24)29-14-5-15-30(35-29)28-19-31(26-12-6-16-33-21-26)36-32(20-28)27-13-7-17-34-22-27/h1-22H/i1D,2D,3D,8D,9D. The molecule has 170 valence electrons. The smallest absolute Gasteiger partial charge is 0.0731 e. The molecule has 4 heteroatoms. The van der Waals surface area contributed by atoms with E-state index in [9.17, 15) is 0 Å². The molecule has 0 saturated carbocycles. The number of pyridine rings is 4. The zero-order valence-electron chi connectivity index (χ0n) is 24.1. The number of hydrogen-bond donors (Lipinski definition) is 0. The topological polar surface area (TPSA) is 51.6 Å². The fourth-order valence-corrected chi connectivity index (χ4v) is 3.99. The predicted octanol–water partition coefficient (Wildman–Crippen LogP) is 7.60. The number of hydrogen-bond acceptors (Lipinski definition) is 4. The summed E-state index contributed by atoms with van der Waals surface area (Å²) in [6.07, 6.45) is 6.98. The van der Waals surface area contributed by atoms with Crippen molar-refractivity contribution in [1.29, 1.82) is 0 Å². The molecule has 0 N–H and O–H groups in total. The minimum atomic E-state index is -0.414. The van der Waals surface area contributed by atoms with Crippen LogP contribution in [-0.4, -0.2) is 19.9 Å². The van der Waals surface area contributed by atoms with Crippen molar-refractivity contribution in [2.24, 2.45) is 0 Å². The maximum Gasteiger partial charge on any atom is 0.0731 e. The van der Waals surface area contributed by atoms with Gasteiger partial charge in [-0.25, -0.2) is 9.97 Å². The molecule has 0 unspecified atom stereocenters. The van der Waals surface area contributed by atoms with Crippen molar-refractivity contribution in [3.8, 4) is 56.2 Å². The van der Waals surface area contributed by atoms with Crippen LogP contribution < -0.4 is 0 Å². The maximum atomic E-state index is 8.37. The minimum Gasteiger partial charge on any atom is -0.264 e. The van der Waals surface area contributed by atoms with Crippen LogP contribution in [0.4, 0.5) is 0 Å². The van der Waals surface area contributed by atoms with Crippen molar-refractivity contribution in [1.82, 2.24) is 19.9 Å². The van der Waals surface area contributed by atoms with E-state index >= 15 is 0 Å². The minimum absolute atomic E-state index is 0.158. The van der Waals surface area contributed by atoms with Gasteiger partial charge >= 0.3 is 0 Å². The fraction of sp³-hybridized carbons (Fsp3) is 0. The lowest BCUT2D eigenvalue weighted by atomic mass is 10.0. The van der Waals surface area contributed by atoms with Crippen LogP contribution in [0.15, 0.2) is 134 Å². The third-order valence-corrected chi connectivity index (χ3v) is 5.73. The van der Waals surface area contributed by atoms with E-state index in [2.05, 4.69) is 9.97 Å². The Kier molecular flexibility index (Phi) is 4.49. The highest BCUT2D eigenvalue weighted by atomic mass is 14.8. The average molecular weight is 468 g/mol. The van der Waals surface area contributed by atoms with Crippen LogP contribution in [0.25, 0.3) is 56.2 Å². The molecule has 0 fully saturated rings. The van der Waals surface area contributed by atoms with Gasteiger partial charge in [0.25, 0.3) is 0 Å². The molecule has 4 aromatic heterocycles. The molecular formula is C32H22N4. The van der Waals surface area contributed by atoms with Gasteiger partial charge in [-0.15, -0.1) is 0 Å². The van der Waals surface area contributed by atoms with Crippen molar-refractivity contribution in [3.63, 3.8) is 0 Å². The molecule has 6 aromatic rings. The summed E-state index contributed by atoms with van der Waals surface area (Å²) < 4.78 is 40.8. The van der Waals surface area contributed by atoms with Crippen LogP contribution in [-0.2, 0) is 0 Å². The quantitative estimate of drug-likeness (QED) is 0.262. The molecule has 0 radical (unpaired) electrons. The van der Waals surface area contributed by atoms with Crippen LogP contribution in [0.3, 0.4) is 0 Å². The van der Waals surface area contributed by atoms with Crippen LogP contribution in [0.1, 0.15) is 6.85 Å². The molecular weight excluding hydrogens is 440 g/mol. The molecule has 0 aliphatic rings. The predicted molar refractivity (Wildman–Crippen MR) is 145 cm³/mol. The van der Waals surface area contributed by atoms with Crippen molar-refractivity contribution >= 4 is 0 Å². The van der Waals surface area contributed by atoms with Gasteiger partial charge in [0.05, 0.1) is 29.6 Å². The lowest BCUT2D eigenvalue weighted by Crippen LogP contribution is -1.94. The van der Waals surface area contributed by atoms with E-state index in [4.69, 9.17) is 16.8 Å². The lowest BCUT2D eigenvalue weighted by molar-refractivity contribution is 1.25. The largest absolute Gasteiger partial charge is 0.264 e. The van der Waals surface area contributed by atoms with Gasteiger partial charge in [0.2, 0.25) is 0 Å². The van der Waals surface area contributed by atoms with Gasteiger partial charge in [0.15, 0.2) is 0 Å². The second kappa shape index (κ2) is 9.72. The zero-order valence-corrected chi connectivity index (χ0v) is 19.1. The molecule has 0 atom stereocenters. The molecule has 36 heavy (non-hydrogen) atoms. The molecule has 0 saturated heterocycles. The summed E-state index contributed by atoms with van der Waals surface area (Å²) in [5.74, 6) is 0.